The molecule has 0 saturated heterocycles. The number of halogens is 1. The highest BCUT2D eigenvalue weighted by Crippen LogP contribution is 2.30. The maximum absolute atomic E-state index is 13.5. The molecular formula is C21H25ClN10O4S. The molecule has 0 saturated carbocycles. The van der Waals surface area contributed by atoms with Crippen LogP contribution in [0.3, 0.4) is 0 Å². The standard InChI is InChI=1S/C21H25ClN10O4S/c1-12(18-25-11-31(3)29-18)32-20(15-7-6-8-16(26-15)35-4)27-28-21(32)30-37(33,34)13(2)17(36-5)19-23-9-14(22)10-24-19/h6-13,17H,1-5H3,(H,28,30)/t12-,13-,17-/m0/s1. The van der Waals surface area contributed by atoms with E-state index in [0.717, 1.165) is 0 Å². The van der Waals surface area contributed by atoms with Crippen molar-refractivity contribution in [2.24, 2.45) is 7.05 Å². The number of pyridine rings is 1. The Kier molecular flexibility index (Phi) is 7.65. The summed E-state index contributed by atoms with van der Waals surface area (Å²) in [7, 11) is 0.499. The van der Waals surface area contributed by atoms with E-state index in [0.29, 0.717) is 22.4 Å². The van der Waals surface area contributed by atoms with Crippen LogP contribution < -0.4 is 9.46 Å². The largest absolute Gasteiger partial charge is 0.481 e. The van der Waals surface area contributed by atoms with Crippen molar-refractivity contribution in [3.63, 3.8) is 0 Å². The number of aromatic nitrogens is 9. The number of aryl methyl sites for hydroxylation is 1. The highest BCUT2D eigenvalue weighted by molar-refractivity contribution is 7.93. The van der Waals surface area contributed by atoms with Gasteiger partial charge in [0.25, 0.3) is 0 Å². The highest BCUT2D eigenvalue weighted by Gasteiger charge is 2.35. The summed E-state index contributed by atoms with van der Waals surface area (Å²) < 4.78 is 43.3. The third kappa shape index (κ3) is 5.52. The Labute approximate surface area is 218 Å². The van der Waals surface area contributed by atoms with E-state index in [1.54, 1.807) is 47.7 Å². The number of sulfonamides is 1. The quantitative estimate of drug-likeness (QED) is 0.308. The van der Waals surface area contributed by atoms with E-state index in [4.69, 9.17) is 21.1 Å². The molecule has 4 aromatic rings. The second kappa shape index (κ2) is 10.7. The summed E-state index contributed by atoms with van der Waals surface area (Å²) in [4.78, 5) is 16.9. The molecule has 4 aromatic heterocycles. The molecule has 0 spiro atoms. The maximum Gasteiger partial charge on any atom is 0.240 e. The molecule has 1 N–H and O–H groups in total. The number of rotatable bonds is 10. The lowest BCUT2D eigenvalue weighted by molar-refractivity contribution is 0.0950. The van der Waals surface area contributed by atoms with Gasteiger partial charge >= 0.3 is 0 Å². The predicted molar refractivity (Wildman–Crippen MR) is 133 cm³/mol. The van der Waals surface area contributed by atoms with Gasteiger partial charge in [0.15, 0.2) is 17.5 Å². The molecule has 4 rings (SSSR count). The molecule has 37 heavy (non-hydrogen) atoms. The number of hydrogen-bond donors (Lipinski definition) is 1. The van der Waals surface area contributed by atoms with Crippen molar-refractivity contribution in [2.75, 3.05) is 18.9 Å². The first-order chi connectivity index (χ1) is 17.6. The minimum Gasteiger partial charge on any atom is -0.481 e. The molecular weight excluding hydrogens is 524 g/mol. The Morgan fingerprint density at radius 3 is 2.41 bits per heavy atom. The Hall–Kier alpha value is -3.69. The average molecular weight is 549 g/mol. The van der Waals surface area contributed by atoms with Crippen molar-refractivity contribution < 1.29 is 17.9 Å². The van der Waals surface area contributed by atoms with Crippen molar-refractivity contribution >= 4 is 27.6 Å². The third-order valence-corrected chi connectivity index (χ3v) is 7.42. The van der Waals surface area contributed by atoms with Crippen LogP contribution in [0.5, 0.6) is 5.88 Å². The molecule has 0 radical (unpaired) electrons. The van der Waals surface area contributed by atoms with Crippen molar-refractivity contribution in [3.05, 3.63) is 53.6 Å². The van der Waals surface area contributed by atoms with Crippen molar-refractivity contribution in [2.45, 2.75) is 31.2 Å². The van der Waals surface area contributed by atoms with Gasteiger partial charge in [-0.25, -0.2) is 28.4 Å². The first kappa shape index (κ1) is 26.4. The van der Waals surface area contributed by atoms with Gasteiger partial charge in [-0.2, -0.15) is 5.10 Å². The van der Waals surface area contributed by atoms with Gasteiger partial charge in [-0.1, -0.05) is 17.7 Å². The fourth-order valence-corrected chi connectivity index (χ4v) is 4.81. The maximum atomic E-state index is 13.5. The topological polar surface area (TPSA) is 165 Å². The Balaban J connectivity index is 1.74. The minimum atomic E-state index is -4.10. The van der Waals surface area contributed by atoms with Crippen LogP contribution in [-0.2, 0) is 21.8 Å². The number of nitrogens with one attached hydrogen (secondary N) is 1. The van der Waals surface area contributed by atoms with Crippen LogP contribution in [-0.4, -0.2) is 72.4 Å². The van der Waals surface area contributed by atoms with E-state index in [1.807, 2.05) is 0 Å². The Morgan fingerprint density at radius 1 is 1.05 bits per heavy atom. The van der Waals surface area contributed by atoms with Gasteiger partial charge < -0.3 is 9.47 Å². The Morgan fingerprint density at radius 2 is 1.78 bits per heavy atom. The molecule has 0 aliphatic rings. The highest BCUT2D eigenvalue weighted by atomic mass is 35.5. The van der Waals surface area contributed by atoms with E-state index < -0.39 is 27.4 Å². The molecule has 0 fully saturated rings. The van der Waals surface area contributed by atoms with Crippen molar-refractivity contribution in [1.82, 2.24) is 44.5 Å². The van der Waals surface area contributed by atoms with Gasteiger partial charge in [0, 0.05) is 32.6 Å². The van der Waals surface area contributed by atoms with Gasteiger partial charge in [0.1, 0.15) is 23.4 Å². The van der Waals surface area contributed by atoms with Gasteiger partial charge in [-0.05, 0) is 19.9 Å². The van der Waals surface area contributed by atoms with Crippen LogP contribution >= 0.6 is 11.6 Å². The monoisotopic (exact) mass is 548 g/mol. The number of hydrogen-bond acceptors (Lipinski definition) is 11. The summed E-state index contributed by atoms with van der Waals surface area (Å²) in [6.07, 6.45) is 3.30. The zero-order valence-corrected chi connectivity index (χ0v) is 22.2. The van der Waals surface area contributed by atoms with Crippen LogP contribution in [0.1, 0.15) is 37.6 Å². The summed E-state index contributed by atoms with van der Waals surface area (Å²) in [5, 5.41) is 11.9. The van der Waals surface area contributed by atoms with Gasteiger partial charge in [0.2, 0.25) is 21.9 Å². The number of nitrogens with zero attached hydrogens (tertiary/aromatic N) is 9. The minimum absolute atomic E-state index is 0.0571. The fourth-order valence-electron chi connectivity index (χ4n) is 3.58. The van der Waals surface area contributed by atoms with Crippen LogP contribution in [0.15, 0.2) is 36.9 Å². The van der Waals surface area contributed by atoms with Crippen LogP contribution in [0.25, 0.3) is 11.5 Å². The van der Waals surface area contributed by atoms with Gasteiger partial charge in [0.05, 0.1) is 18.2 Å². The smallest absolute Gasteiger partial charge is 0.240 e. The number of ether oxygens (including phenoxy) is 2. The van der Waals surface area contributed by atoms with Crippen molar-refractivity contribution in [1.29, 1.82) is 0 Å². The molecule has 0 aliphatic heterocycles. The van der Waals surface area contributed by atoms with E-state index in [-0.39, 0.29) is 17.6 Å². The summed E-state index contributed by atoms with van der Waals surface area (Å²) in [5.41, 5.74) is 0.414. The van der Waals surface area contributed by atoms with Crippen LogP contribution in [0.4, 0.5) is 5.95 Å². The van der Waals surface area contributed by atoms with E-state index in [9.17, 15) is 8.42 Å². The van der Waals surface area contributed by atoms with Crippen LogP contribution in [0, 0.1) is 0 Å². The molecule has 0 bridgehead atoms. The molecule has 0 unspecified atom stereocenters. The lowest BCUT2D eigenvalue weighted by Gasteiger charge is -2.23. The molecule has 16 heteroatoms. The second-order valence-electron chi connectivity index (χ2n) is 8.00. The first-order valence-electron chi connectivity index (χ1n) is 11.0. The number of anilines is 1. The summed E-state index contributed by atoms with van der Waals surface area (Å²) in [6.45, 7) is 3.27. The summed E-state index contributed by atoms with van der Waals surface area (Å²) >= 11 is 5.87. The first-order valence-corrected chi connectivity index (χ1v) is 12.9. The molecule has 0 amide bonds. The lowest BCUT2D eigenvalue weighted by Crippen LogP contribution is -2.33. The average Bonchev–Trinajstić information content (AvgIpc) is 3.51. The number of methoxy groups -OCH3 is 2. The molecule has 0 aromatic carbocycles. The zero-order chi connectivity index (χ0) is 26.7. The normalized spacial score (nSPS) is 14.2. The molecule has 4 heterocycles. The van der Waals surface area contributed by atoms with E-state index in [2.05, 4.69) is 40.0 Å². The van der Waals surface area contributed by atoms with E-state index >= 15 is 0 Å². The zero-order valence-electron chi connectivity index (χ0n) is 20.6. The molecule has 0 aliphatic carbocycles. The fraction of sp³-hybridized carbons (Fsp3) is 0.381. The molecule has 3 atom stereocenters. The van der Waals surface area contributed by atoms with Crippen LogP contribution in [0.2, 0.25) is 5.02 Å². The SMILES string of the molecule is COc1cccc(-c2nnc(NS(=O)(=O)[C@@H](C)[C@H](OC)c3ncc(Cl)cn3)n2[C@@H](C)c2ncn(C)n2)n1. The van der Waals surface area contributed by atoms with E-state index in [1.165, 1.54) is 33.5 Å². The predicted octanol–water partition coefficient (Wildman–Crippen LogP) is 2.05. The third-order valence-electron chi connectivity index (χ3n) is 5.53. The lowest BCUT2D eigenvalue weighted by atomic mass is 10.2. The summed E-state index contributed by atoms with van der Waals surface area (Å²) in [6, 6.07) is 4.57. The summed E-state index contributed by atoms with van der Waals surface area (Å²) in [5.74, 6) is 1.17. The molecule has 196 valence electrons. The molecule has 14 nitrogen and oxygen atoms in total. The van der Waals surface area contributed by atoms with Crippen molar-refractivity contribution in [3.8, 4) is 17.4 Å². The van der Waals surface area contributed by atoms with Gasteiger partial charge in [-0.15, -0.1) is 10.2 Å². The van der Waals surface area contributed by atoms with Gasteiger partial charge in [-0.3, -0.25) is 14.0 Å². The second-order valence-corrected chi connectivity index (χ2v) is 10.5. The Bertz CT molecular complexity index is 1470.